The zero-order chi connectivity index (χ0) is 19.1. The number of anilines is 2. The highest BCUT2D eigenvalue weighted by Crippen LogP contribution is 2.20. The van der Waals surface area contributed by atoms with Crippen LogP contribution >= 0.6 is 0 Å². The van der Waals surface area contributed by atoms with Gasteiger partial charge in [-0.15, -0.1) is 0 Å². The third-order valence-electron chi connectivity index (χ3n) is 4.02. The number of hydrogen-bond donors (Lipinski definition) is 2. The van der Waals surface area contributed by atoms with Gasteiger partial charge in [0.05, 0.1) is 0 Å². The summed E-state index contributed by atoms with van der Waals surface area (Å²) in [4.78, 5) is 23.7. The molecule has 0 saturated carbocycles. The summed E-state index contributed by atoms with van der Waals surface area (Å²) in [6, 6.07) is 20.7. The fraction of sp³-hybridized carbons (Fsp3) is 0.182. The molecule has 0 atom stereocenters. The van der Waals surface area contributed by atoms with Gasteiger partial charge in [0.2, 0.25) is 5.91 Å². The van der Waals surface area contributed by atoms with Crippen molar-refractivity contribution in [3.63, 3.8) is 0 Å². The van der Waals surface area contributed by atoms with Crippen molar-refractivity contribution in [1.29, 1.82) is 0 Å². The van der Waals surface area contributed by atoms with E-state index in [2.05, 4.69) is 10.6 Å². The molecule has 0 fully saturated rings. The first-order valence-electron chi connectivity index (χ1n) is 8.95. The van der Waals surface area contributed by atoms with Gasteiger partial charge in [-0.05, 0) is 53.6 Å². The van der Waals surface area contributed by atoms with Gasteiger partial charge < -0.3 is 15.4 Å². The van der Waals surface area contributed by atoms with E-state index >= 15 is 0 Å². The van der Waals surface area contributed by atoms with Crippen molar-refractivity contribution in [2.24, 2.45) is 0 Å². The van der Waals surface area contributed by atoms with E-state index < -0.39 is 0 Å². The molecule has 0 aliphatic rings. The summed E-state index contributed by atoms with van der Waals surface area (Å²) in [5.41, 5.74) is 1.36. The summed E-state index contributed by atoms with van der Waals surface area (Å²) >= 11 is 0. The zero-order valence-corrected chi connectivity index (χ0v) is 15.2. The second kappa shape index (κ2) is 8.85. The van der Waals surface area contributed by atoms with Crippen molar-refractivity contribution >= 4 is 34.0 Å². The number of fused-ring (bicyclic) bond motifs is 1. The Kier molecular flexibility index (Phi) is 6.05. The largest absolute Gasteiger partial charge is 0.484 e. The SMILES string of the molecule is CCCC(=O)Nc1ccc(NC(=O)COc2ccc3ccccc3c2)cc1. The first kappa shape index (κ1) is 18.5. The van der Waals surface area contributed by atoms with Crippen LogP contribution in [-0.2, 0) is 9.59 Å². The van der Waals surface area contributed by atoms with Gasteiger partial charge in [-0.1, -0.05) is 37.3 Å². The van der Waals surface area contributed by atoms with E-state index in [1.807, 2.05) is 49.4 Å². The van der Waals surface area contributed by atoms with Crippen LogP contribution in [0.3, 0.4) is 0 Å². The van der Waals surface area contributed by atoms with Crippen LogP contribution in [0.25, 0.3) is 10.8 Å². The number of hydrogen-bond acceptors (Lipinski definition) is 3. The van der Waals surface area contributed by atoms with Gasteiger partial charge in [-0.25, -0.2) is 0 Å². The van der Waals surface area contributed by atoms with Crippen molar-refractivity contribution < 1.29 is 14.3 Å². The van der Waals surface area contributed by atoms with Crippen LogP contribution in [0.15, 0.2) is 66.7 Å². The Morgan fingerprint density at radius 3 is 2.11 bits per heavy atom. The van der Waals surface area contributed by atoms with Crippen LogP contribution in [0.2, 0.25) is 0 Å². The lowest BCUT2D eigenvalue weighted by atomic mass is 10.1. The summed E-state index contributed by atoms with van der Waals surface area (Å²) in [6.07, 6.45) is 1.29. The molecule has 0 radical (unpaired) electrons. The summed E-state index contributed by atoms with van der Waals surface area (Å²) in [5, 5.41) is 7.78. The molecule has 0 aliphatic carbocycles. The van der Waals surface area contributed by atoms with Crippen LogP contribution in [0.5, 0.6) is 5.75 Å². The molecule has 3 aromatic carbocycles. The van der Waals surface area contributed by atoms with Crippen molar-refractivity contribution in [2.45, 2.75) is 19.8 Å². The number of carbonyl (C=O) groups is 2. The Labute approximate surface area is 158 Å². The molecule has 0 aromatic heterocycles. The molecular weight excluding hydrogens is 340 g/mol. The summed E-state index contributed by atoms with van der Waals surface area (Å²) in [5.74, 6) is 0.391. The van der Waals surface area contributed by atoms with Gasteiger partial charge in [0.15, 0.2) is 6.61 Å². The van der Waals surface area contributed by atoms with E-state index in [4.69, 9.17) is 4.74 Å². The van der Waals surface area contributed by atoms with Crippen molar-refractivity contribution in [3.8, 4) is 5.75 Å². The van der Waals surface area contributed by atoms with E-state index in [1.165, 1.54) is 0 Å². The number of carbonyl (C=O) groups excluding carboxylic acids is 2. The lowest BCUT2D eigenvalue weighted by Gasteiger charge is -2.09. The average Bonchev–Trinajstić information content (AvgIpc) is 2.68. The fourth-order valence-electron chi connectivity index (χ4n) is 2.69. The number of nitrogens with one attached hydrogen (secondary N) is 2. The topological polar surface area (TPSA) is 67.4 Å². The standard InChI is InChI=1S/C22H22N2O3/c1-2-5-21(25)23-18-9-11-19(12-10-18)24-22(26)15-27-20-13-8-16-6-3-4-7-17(16)14-20/h3-4,6-14H,2,5,15H2,1H3,(H,23,25)(H,24,26). The van der Waals surface area contributed by atoms with Crippen molar-refractivity contribution in [1.82, 2.24) is 0 Å². The predicted molar refractivity (Wildman–Crippen MR) is 108 cm³/mol. The highest BCUT2D eigenvalue weighted by Gasteiger charge is 2.06. The number of rotatable bonds is 7. The number of amides is 2. The molecule has 0 heterocycles. The average molecular weight is 362 g/mol. The normalized spacial score (nSPS) is 10.4. The van der Waals surface area contributed by atoms with E-state index in [0.29, 0.717) is 23.5 Å². The van der Waals surface area contributed by atoms with Crippen molar-refractivity contribution in [2.75, 3.05) is 17.2 Å². The summed E-state index contributed by atoms with van der Waals surface area (Å²) in [7, 11) is 0. The van der Waals surface area contributed by atoms with E-state index in [-0.39, 0.29) is 18.4 Å². The third kappa shape index (κ3) is 5.31. The maximum atomic E-state index is 12.1. The molecule has 3 aromatic rings. The molecule has 0 unspecified atom stereocenters. The quantitative estimate of drug-likeness (QED) is 0.646. The molecular formula is C22H22N2O3. The molecule has 138 valence electrons. The van der Waals surface area contributed by atoms with Gasteiger partial charge in [0.1, 0.15) is 5.75 Å². The van der Waals surface area contributed by atoms with Gasteiger partial charge in [0.25, 0.3) is 5.91 Å². The maximum absolute atomic E-state index is 12.1. The summed E-state index contributed by atoms with van der Waals surface area (Å²) in [6.45, 7) is 1.88. The molecule has 0 aliphatic heterocycles. The molecule has 5 nitrogen and oxygen atoms in total. The molecule has 0 spiro atoms. The Morgan fingerprint density at radius 2 is 1.44 bits per heavy atom. The van der Waals surface area contributed by atoms with Crippen molar-refractivity contribution in [3.05, 3.63) is 66.7 Å². The minimum Gasteiger partial charge on any atom is -0.484 e. The summed E-state index contributed by atoms with van der Waals surface area (Å²) < 4.78 is 5.58. The first-order chi connectivity index (χ1) is 13.1. The van der Waals surface area contributed by atoms with Gasteiger partial charge in [-0.3, -0.25) is 9.59 Å². The lowest BCUT2D eigenvalue weighted by molar-refractivity contribution is -0.118. The molecule has 0 bridgehead atoms. The van der Waals surface area contributed by atoms with Crippen LogP contribution in [0.4, 0.5) is 11.4 Å². The Hall–Kier alpha value is -3.34. The Bertz CT molecular complexity index is 936. The second-order valence-corrected chi connectivity index (χ2v) is 6.22. The lowest BCUT2D eigenvalue weighted by Crippen LogP contribution is -2.20. The monoisotopic (exact) mass is 362 g/mol. The molecule has 3 rings (SSSR count). The molecule has 2 N–H and O–H groups in total. The highest BCUT2D eigenvalue weighted by atomic mass is 16.5. The van der Waals surface area contributed by atoms with Crippen LogP contribution < -0.4 is 15.4 Å². The third-order valence-corrected chi connectivity index (χ3v) is 4.02. The van der Waals surface area contributed by atoms with Crippen LogP contribution in [0.1, 0.15) is 19.8 Å². The predicted octanol–water partition coefficient (Wildman–Crippen LogP) is 4.60. The van der Waals surface area contributed by atoms with Gasteiger partial charge in [0, 0.05) is 17.8 Å². The van der Waals surface area contributed by atoms with Crippen LogP contribution in [0, 0.1) is 0 Å². The van der Waals surface area contributed by atoms with E-state index in [1.54, 1.807) is 24.3 Å². The number of ether oxygens (including phenoxy) is 1. The van der Waals surface area contributed by atoms with Gasteiger partial charge in [-0.2, -0.15) is 0 Å². The highest BCUT2D eigenvalue weighted by molar-refractivity contribution is 5.93. The Balaban J connectivity index is 1.51. The first-order valence-corrected chi connectivity index (χ1v) is 8.95. The zero-order valence-electron chi connectivity index (χ0n) is 15.2. The van der Waals surface area contributed by atoms with Gasteiger partial charge >= 0.3 is 0 Å². The second-order valence-electron chi connectivity index (χ2n) is 6.22. The Morgan fingerprint density at radius 1 is 0.815 bits per heavy atom. The number of benzene rings is 3. The van der Waals surface area contributed by atoms with Crippen LogP contribution in [-0.4, -0.2) is 18.4 Å². The smallest absolute Gasteiger partial charge is 0.262 e. The fourth-order valence-corrected chi connectivity index (χ4v) is 2.69. The molecule has 27 heavy (non-hydrogen) atoms. The molecule has 0 saturated heterocycles. The van der Waals surface area contributed by atoms with E-state index in [0.717, 1.165) is 17.2 Å². The minimum atomic E-state index is -0.245. The molecule has 5 heteroatoms. The maximum Gasteiger partial charge on any atom is 0.262 e. The molecule has 2 amide bonds. The van der Waals surface area contributed by atoms with E-state index in [9.17, 15) is 9.59 Å². The minimum absolute atomic E-state index is 0.0157.